The van der Waals surface area contributed by atoms with E-state index in [1.54, 1.807) is 7.11 Å². The average molecular weight is 446 g/mol. The van der Waals surface area contributed by atoms with Gasteiger partial charge in [-0.15, -0.1) is 0 Å². The Kier molecular flexibility index (Phi) is 7.88. The van der Waals surface area contributed by atoms with Crippen LogP contribution in [0.4, 0.5) is 0 Å². The summed E-state index contributed by atoms with van der Waals surface area (Å²) in [7, 11) is 1.61. The molecule has 0 aliphatic heterocycles. The van der Waals surface area contributed by atoms with Crippen molar-refractivity contribution in [2.75, 3.05) is 7.11 Å². The zero-order chi connectivity index (χ0) is 23.8. The van der Waals surface area contributed by atoms with E-state index in [2.05, 4.69) is 5.32 Å². The molecule has 0 heterocycles. The summed E-state index contributed by atoms with van der Waals surface area (Å²) in [5.41, 5.74) is 2.49. The molecular weight excluding hydrogens is 414 g/mol. The number of ketones is 1. The lowest BCUT2D eigenvalue weighted by molar-refractivity contribution is -0.139. The first-order valence-corrected chi connectivity index (χ1v) is 11.0. The second-order valence-corrected chi connectivity index (χ2v) is 9.00. The van der Waals surface area contributed by atoms with Crippen LogP contribution in [0.5, 0.6) is 11.5 Å². The quantitative estimate of drug-likeness (QED) is 0.455. The van der Waals surface area contributed by atoms with Crippen molar-refractivity contribution in [2.45, 2.75) is 45.3 Å². The molecule has 0 bridgehead atoms. The second kappa shape index (κ2) is 10.8. The van der Waals surface area contributed by atoms with Crippen LogP contribution >= 0.6 is 0 Å². The maximum absolute atomic E-state index is 12.8. The minimum atomic E-state index is -0.566. The van der Waals surface area contributed by atoms with Crippen molar-refractivity contribution >= 4 is 11.7 Å². The maximum atomic E-state index is 12.8. The first-order valence-electron chi connectivity index (χ1n) is 11.0. The minimum absolute atomic E-state index is 0.0679. The molecule has 0 fully saturated rings. The molecule has 5 nitrogen and oxygen atoms in total. The van der Waals surface area contributed by atoms with Crippen molar-refractivity contribution in [3.63, 3.8) is 0 Å². The Labute approximate surface area is 195 Å². The summed E-state index contributed by atoms with van der Waals surface area (Å²) in [6.45, 7) is 6.04. The van der Waals surface area contributed by atoms with E-state index in [0.29, 0.717) is 6.61 Å². The molecule has 1 amide bonds. The van der Waals surface area contributed by atoms with E-state index in [9.17, 15) is 9.59 Å². The largest absolute Gasteiger partial charge is 0.497 e. The van der Waals surface area contributed by atoms with Crippen LogP contribution in [0, 0.1) is 0 Å². The normalized spacial score (nSPS) is 12.0. The number of carbonyl (C=O) groups excluding carboxylic acids is 2. The van der Waals surface area contributed by atoms with E-state index in [-0.39, 0.29) is 12.3 Å². The lowest BCUT2D eigenvalue weighted by atomic mass is 9.86. The Bertz CT molecular complexity index is 1050. The molecule has 0 aromatic heterocycles. The summed E-state index contributed by atoms with van der Waals surface area (Å²) >= 11 is 0. The Morgan fingerprint density at radius 3 is 1.88 bits per heavy atom. The average Bonchev–Trinajstić information content (AvgIpc) is 2.81. The molecule has 1 atom stereocenters. The molecule has 0 aliphatic carbocycles. The third kappa shape index (κ3) is 7.21. The summed E-state index contributed by atoms with van der Waals surface area (Å²) in [6, 6.07) is 25.2. The SMILES string of the molecule is COc1ccc([C@H](CC(=O)C(=O)NC(C)(C)C)c2ccc(OCc3ccccc3)cc2)cc1. The third-order valence-electron chi connectivity index (χ3n) is 5.18. The van der Waals surface area contributed by atoms with E-state index >= 15 is 0 Å². The van der Waals surface area contributed by atoms with Gasteiger partial charge in [0.05, 0.1) is 7.11 Å². The van der Waals surface area contributed by atoms with Crippen LogP contribution < -0.4 is 14.8 Å². The van der Waals surface area contributed by atoms with Crippen LogP contribution in [0.2, 0.25) is 0 Å². The highest BCUT2D eigenvalue weighted by atomic mass is 16.5. The molecule has 0 radical (unpaired) electrons. The summed E-state index contributed by atoms with van der Waals surface area (Å²) in [4.78, 5) is 25.2. The topological polar surface area (TPSA) is 64.6 Å². The standard InChI is InChI=1S/C28H31NO4/c1-28(2,3)29-27(31)26(30)18-25(21-10-14-23(32-4)15-11-21)22-12-16-24(17-13-22)33-19-20-8-6-5-7-9-20/h5-17,25H,18-19H2,1-4H3,(H,29,31)/t25-/m0/s1. The van der Waals surface area contributed by atoms with Gasteiger partial charge in [0.2, 0.25) is 5.78 Å². The number of nitrogens with one attached hydrogen (secondary N) is 1. The molecular formula is C28H31NO4. The Hall–Kier alpha value is -3.60. The van der Waals surface area contributed by atoms with Gasteiger partial charge in [0.25, 0.3) is 5.91 Å². The number of hydrogen-bond donors (Lipinski definition) is 1. The molecule has 172 valence electrons. The summed E-state index contributed by atoms with van der Waals surface area (Å²) in [6.07, 6.45) is 0.0679. The Balaban J connectivity index is 1.79. The fourth-order valence-electron chi connectivity index (χ4n) is 3.49. The van der Waals surface area contributed by atoms with Gasteiger partial charge < -0.3 is 14.8 Å². The minimum Gasteiger partial charge on any atom is -0.497 e. The Morgan fingerprint density at radius 2 is 1.36 bits per heavy atom. The third-order valence-corrected chi connectivity index (χ3v) is 5.18. The molecule has 3 rings (SSSR count). The summed E-state index contributed by atoms with van der Waals surface area (Å²) < 4.78 is 11.1. The van der Waals surface area contributed by atoms with Gasteiger partial charge in [-0.25, -0.2) is 0 Å². The smallest absolute Gasteiger partial charge is 0.287 e. The number of benzene rings is 3. The molecule has 0 unspecified atom stereocenters. The fraction of sp³-hybridized carbons (Fsp3) is 0.286. The Morgan fingerprint density at radius 1 is 0.818 bits per heavy atom. The number of amides is 1. The van der Waals surface area contributed by atoms with Crippen molar-refractivity contribution in [1.29, 1.82) is 0 Å². The van der Waals surface area contributed by atoms with Crippen molar-refractivity contribution in [3.8, 4) is 11.5 Å². The highest BCUT2D eigenvalue weighted by Gasteiger charge is 2.25. The van der Waals surface area contributed by atoms with Gasteiger partial charge in [0, 0.05) is 17.9 Å². The fourth-order valence-corrected chi connectivity index (χ4v) is 3.49. The van der Waals surface area contributed by atoms with Crippen LogP contribution in [0.25, 0.3) is 0 Å². The van der Waals surface area contributed by atoms with Crippen LogP contribution in [0.15, 0.2) is 78.9 Å². The van der Waals surface area contributed by atoms with E-state index in [1.807, 2.05) is 99.6 Å². The van der Waals surface area contributed by atoms with Gasteiger partial charge in [-0.3, -0.25) is 9.59 Å². The highest BCUT2D eigenvalue weighted by molar-refractivity contribution is 6.36. The van der Waals surface area contributed by atoms with Crippen LogP contribution in [0.1, 0.15) is 49.8 Å². The number of methoxy groups -OCH3 is 1. The summed E-state index contributed by atoms with van der Waals surface area (Å²) in [5.74, 6) is 0.197. The number of hydrogen-bond acceptors (Lipinski definition) is 4. The van der Waals surface area contributed by atoms with Gasteiger partial charge in [0.15, 0.2) is 0 Å². The second-order valence-electron chi connectivity index (χ2n) is 9.00. The molecule has 3 aromatic rings. The van der Waals surface area contributed by atoms with Crippen LogP contribution in [0.3, 0.4) is 0 Å². The first kappa shape index (κ1) is 24.1. The zero-order valence-electron chi connectivity index (χ0n) is 19.6. The van der Waals surface area contributed by atoms with E-state index < -0.39 is 17.2 Å². The van der Waals surface area contributed by atoms with Crippen molar-refractivity contribution in [3.05, 3.63) is 95.6 Å². The maximum Gasteiger partial charge on any atom is 0.287 e. The number of ether oxygens (including phenoxy) is 2. The predicted molar refractivity (Wildman–Crippen MR) is 130 cm³/mol. The zero-order valence-corrected chi connectivity index (χ0v) is 19.6. The molecule has 33 heavy (non-hydrogen) atoms. The molecule has 0 saturated carbocycles. The molecule has 3 aromatic carbocycles. The predicted octanol–water partition coefficient (Wildman–Crippen LogP) is 5.28. The van der Waals surface area contributed by atoms with Crippen molar-refractivity contribution < 1.29 is 19.1 Å². The first-order chi connectivity index (χ1) is 15.7. The lowest BCUT2D eigenvalue weighted by Gasteiger charge is -2.22. The van der Waals surface area contributed by atoms with Gasteiger partial charge in [0.1, 0.15) is 18.1 Å². The van der Waals surface area contributed by atoms with E-state index in [1.165, 1.54) is 0 Å². The molecule has 1 N–H and O–H groups in total. The van der Waals surface area contributed by atoms with Crippen molar-refractivity contribution in [1.82, 2.24) is 5.32 Å². The molecule has 0 aliphatic rings. The van der Waals surface area contributed by atoms with Gasteiger partial charge in [-0.1, -0.05) is 54.6 Å². The number of rotatable bonds is 9. The number of carbonyl (C=O) groups is 2. The molecule has 0 spiro atoms. The van der Waals surface area contributed by atoms with Gasteiger partial charge in [-0.2, -0.15) is 0 Å². The van der Waals surface area contributed by atoms with Crippen LogP contribution in [-0.2, 0) is 16.2 Å². The van der Waals surface area contributed by atoms with E-state index in [4.69, 9.17) is 9.47 Å². The van der Waals surface area contributed by atoms with Gasteiger partial charge >= 0.3 is 0 Å². The number of Topliss-reactive ketones (excluding diaryl/α,β-unsaturated/α-hetero) is 1. The lowest BCUT2D eigenvalue weighted by Crippen LogP contribution is -2.44. The van der Waals surface area contributed by atoms with Gasteiger partial charge in [-0.05, 0) is 61.7 Å². The monoisotopic (exact) mass is 445 g/mol. The van der Waals surface area contributed by atoms with Crippen molar-refractivity contribution in [2.24, 2.45) is 0 Å². The van der Waals surface area contributed by atoms with Crippen LogP contribution in [-0.4, -0.2) is 24.3 Å². The van der Waals surface area contributed by atoms with E-state index in [0.717, 1.165) is 28.2 Å². The highest BCUT2D eigenvalue weighted by Crippen LogP contribution is 2.31. The molecule has 5 heteroatoms. The molecule has 0 saturated heterocycles. The summed E-state index contributed by atoms with van der Waals surface area (Å²) in [5, 5.41) is 2.76.